The predicted molar refractivity (Wildman–Crippen MR) is 78.8 cm³/mol. The molecule has 3 N–H and O–H groups in total. The number of nitrogens with zero attached hydrogens (tertiary/aromatic N) is 2. The van der Waals surface area contributed by atoms with Gasteiger partial charge in [0, 0.05) is 12.7 Å². The maximum absolute atomic E-state index is 13.4. The minimum absolute atomic E-state index is 0.252. The molecule has 0 unspecified atom stereocenters. The number of carbonyl (C=O) groups excluding carboxylic acids is 1. The molecule has 0 spiro atoms. The van der Waals surface area contributed by atoms with Crippen molar-refractivity contribution in [2.45, 2.75) is 6.42 Å². The van der Waals surface area contributed by atoms with Crippen molar-refractivity contribution in [3.63, 3.8) is 0 Å². The fourth-order valence-corrected chi connectivity index (χ4v) is 2.60. The van der Waals surface area contributed by atoms with Gasteiger partial charge in [-0.3, -0.25) is 4.79 Å². The Hall–Kier alpha value is -2.18. The number of aromatic nitrogens is 1. The Morgan fingerprint density at radius 1 is 1.43 bits per heavy atom. The number of nitrogen functional groups attached to an aromatic ring is 1. The lowest BCUT2D eigenvalue weighted by molar-refractivity contribution is 0.0989. The summed E-state index contributed by atoms with van der Waals surface area (Å²) in [6.45, 7) is 0.506. The second-order valence-corrected chi connectivity index (χ2v) is 5.09. The lowest BCUT2D eigenvalue weighted by Gasteiger charge is -2.17. The molecule has 0 bridgehead atoms. The highest BCUT2D eigenvalue weighted by atomic mass is 35.5. The SMILES string of the molecule is NNc1ncc(C(=O)N2CCc3ccc(F)cc32)cc1Cl. The molecule has 0 atom stereocenters. The third kappa shape index (κ3) is 2.43. The van der Waals surface area contributed by atoms with Crippen LogP contribution in [-0.2, 0) is 6.42 Å². The fraction of sp³-hybridized carbons (Fsp3) is 0.143. The Kier molecular flexibility index (Phi) is 3.48. The van der Waals surface area contributed by atoms with Crippen LogP contribution in [0.5, 0.6) is 0 Å². The minimum atomic E-state index is -0.368. The third-order valence-electron chi connectivity index (χ3n) is 3.41. The van der Waals surface area contributed by atoms with E-state index in [-0.39, 0.29) is 16.7 Å². The van der Waals surface area contributed by atoms with Gasteiger partial charge < -0.3 is 10.3 Å². The number of pyridine rings is 1. The normalized spacial score (nSPS) is 13.2. The first-order chi connectivity index (χ1) is 10.1. The van der Waals surface area contributed by atoms with E-state index in [4.69, 9.17) is 17.4 Å². The molecule has 7 heteroatoms. The molecule has 1 aliphatic rings. The van der Waals surface area contributed by atoms with E-state index in [1.165, 1.54) is 29.3 Å². The Bertz CT molecular complexity index is 722. The summed E-state index contributed by atoms with van der Waals surface area (Å²) < 4.78 is 13.4. The van der Waals surface area contributed by atoms with Crippen LogP contribution in [0.3, 0.4) is 0 Å². The number of amides is 1. The van der Waals surface area contributed by atoms with Crippen LogP contribution < -0.4 is 16.2 Å². The van der Waals surface area contributed by atoms with Gasteiger partial charge in [-0.05, 0) is 30.2 Å². The van der Waals surface area contributed by atoms with E-state index in [1.54, 1.807) is 6.07 Å². The molecule has 1 aliphatic heterocycles. The zero-order valence-electron chi connectivity index (χ0n) is 10.9. The highest BCUT2D eigenvalue weighted by Gasteiger charge is 2.26. The van der Waals surface area contributed by atoms with Crippen molar-refractivity contribution in [3.05, 3.63) is 52.4 Å². The van der Waals surface area contributed by atoms with E-state index in [1.807, 2.05) is 0 Å². The second-order valence-electron chi connectivity index (χ2n) is 4.68. The maximum atomic E-state index is 13.4. The molecule has 2 aromatic rings. The molecule has 0 radical (unpaired) electrons. The molecule has 0 aliphatic carbocycles. The van der Waals surface area contributed by atoms with Crippen molar-refractivity contribution < 1.29 is 9.18 Å². The van der Waals surface area contributed by atoms with Gasteiger partial charge in [0.25, 0.3) is 5.91 Å². The van der Waals surface area contributed by atoms with Crippen LogP contribution in [0, 0.1) is 5.82 Å². The number of hydrogen-bond donors (Lipinski definition) is 2. The monoisotopic (exact) mass is 306 g/mol. The quantitative estimate of drug-likeness (QED) is 0.660. The first-order valence-electron chi connectivity index (χ1n) is 6.32. The van der Waals surface area contributed by atoms with E-state index in [9.17, 15) is 9.18 Å². The largest absolute Gasteiger partial charge is 0.308 e. The molecule has 0 fully saturated rings. The second kappa shape index (κ2) is 5.31. The van der Waals surface area contributed by atoms with Crippen molar-refractivity contribution in [2.24, 2.45) is 5.84 Å². The molecule has 3 rings (SSSR count). The number of rotatable bonds is 2. The van der Waals surface area contributed by atoms with Gasteiger partial charge in [0.05, 0.1) is 16.3 Å². The number of halogens is 2. The summed E-state index contributed by atoms with van der Waals surface area (Å²) in [6.07, 6.45) is 2.09. The zero-order valence-corrected chi connectivity index (χ0v) is 11.7. The number of hydrazine groups is 1. The molecule has 108 valence electrons. The molecule has 21 heavy (non-hydrogen) atoms. The summed E-state index contributed by atoms with van der Waals surface area (Å²) >= 11 is 5.97. The fourth-order valence-electron chi connectivity index (χ4n) is 2.38. The predicted octanol–water partition coefficient (Wildman–Crippen LogP) is 2.36. The first-order valence-corrected chi connectivity index (χ1v) is 6.70. The Morgan fingerprint density at radius 2 is 2.24 bits per heavy atom. The van der Waals surface area contributed by atoms with E-state index >= 15 is 0 Å². The average Bonchev–Trinajstić information content (AvgIpc) is 2.89. The average molecular weight is 307 g/mol. The van der Waals surface area contributed by atoms with Crippen molar-refractivity contribution in [2.75, 3.05) is 16.9 Å². The van der Waals surface area contributed by atoms with Gasteiger partial charge in [0.1, 0.15) is 5.82 Å². The number of fused-ring (bicyclic) bond motifs is 1. The highest BCUT2D eigenvalue weighted by Crippen LogP contribution is 2.30. The molecular weight excluding hydrogens is 295 g/mol. The van der Waals surface area contributed by atoms with Crippen molar-refractivity contribution >= 4 is 29.0 Å². The lowest BCUT2D eigenvalue weighted by Crippen LogP contribution is -2.29. The standard InChI is InChI=1S/C14H12ClFN4O/c15-11-5-9(7-18-13(11)19-17)14(21)20-4-3-8-1-2-10(16)6-12(8)20/h1-2,5-7H,3-4,17H2,(H,18,19). The van der Waals surface area contributed by atoms with Gasteiger partial charge in [-0.1, -0.05) is 17.7 Å². The highest BCUT2D eigenvalue weighted by molar-refractivity contribution is 6.33. The van der Waals surface area contributed by atoms with Crippen LogP contribution in [0.2, 0.25) is 5.02 Å². The summed E-state index contributed by atoms with van der Waals surface area (Å²) in [7, 11) is 0. The maximum Gasteiger partial charge on any atom is 0.259 e. The van der Waals surface area contributed by atoms with E-state index in [0.717, 1.165) is 5.56 Å². The number of carbonyl (C=O) groups is 1. The van der Waals surface area contributed by atoms with Crippen LogP contribution in [-0.4, -0.2) is 17.4 Å². The molecule has 2 heterocycles. The number of anilines is 2. The molecular formula is C14H12ClFN4O. The van der Waals surface area contributed by atoms with Crippen molar-refractivity contribution in [1.29, 1.82) is 0 Å². The first kappa shape index (κ1) is 13.8. The van der Waals surface area contributed by atoms with Gasteiger partial charge in [-0.25, -0.2) is 15.2 Å². The summed E-state index contributed by atoms with van der Waals surface area (Å²) in [5, 5.41) is 0.252. The molecule has 1 aromatic carbocycles. The topological polar surface area (TPSA) is 71.2 Å². The number of nitrogens with two attached hydrogens (primary N) is 1. The minimum Gasteiger partial charge on any atom is -0.308 e. The zero-order chi connectivity index (χ0) is 15.0. The molecule has 0 saturated heterocycles. The number of hydrogen-bond acceptors (Lipinski definition) is 4. The molecule has 1 aromatic heterocycles. The van der Waals surface area contributed by atoms with Gasteiger partial charge >= 0.3 is 0 Å². The Labute approximate surface area is 125 Å². The van der Waals surface area contributed by atoms with Crippen LogP contribution in [0.4, 0.5) is 15.9 Å². The summed E-state index contributed by atoms with van der Waals surface area (Å²) in [6, 6.07) is 5.95. The van der Waals surface area contributed by atoms with E-state index in [0.29, 0.717) is 30.0 Å². The Balaban J connectivity index is 1.94. The summed E-state index contributed by atoms with van der Waals surface area (Å²) in [4.78, 5) is 18.0. The van der Waals surface area contributed by atoms with Gasteiger partial charge in [-0.2, -0.15) is 0 Å². The third-order valence-corrected chi connectivity index (χ3v) is 3.70. The summed E-state index contributed by atoms with van der Waals surface area (Å²) in [5.41, 5.74) is 4.21. The van der Waals surface area contributed by atoms with Crippen LogP contribution in [0.1, 0.15) is 15.9 Å². The molecule has 5 nitrogen and oxygen atoms in total. The van der Waals surface area contributed by atoms with E-state index in [2.05, 4.69) is 10.4 Å². The molecule has 1 amide bonds. The van der Waals surface area contributed by atoms with Gasteiger partial charge in [0.2, 0.25) is 0 Å². The summed E-state index contributed by atoms with van der Waals surface area (Å²) in [5.74, 6) is 4.90. The number of benzene rings is 1. The Morgan fingerprint density at radius 3 is 2.95 bits per heavy atom. The van der Waals surface area contributed by atoms with Gasteiger partial charge in [-0.15, -0.1) is 0 Å². The van der Waals surface area contributed by atoms with Crippen molar-refractivity contribution in [1.82, 2.24) is 4.98 Å². The molecule has 0 saturated carbocycles. The van der Waals surface area contributed by atoms with Crippen LogP contribution >= 0.6 is 11.6 Å². The van der Waals surface area contributed by atoms with Gasteiger partial charge in [0.15, 0.2) is 5.82 Å². The van der Waals surface area contributed by atoms with Crippen LogP contribution in [0.25, 0.3) is 0 Å². The lowest BCUT2D eigenvalue weighted by atomic mass is 10.1. The van der Waals surface area contributed by atoms with Crippen LogP contribution in [0.15, 0.2) is 30.5 Å². The number of nitrogens with one attached hydrogen (secondary N) is 1. The smallest absolute Gasteiger partial charge is 0.259 e. The van der Waals surface area contributed by atoms with Crippen molar-refractivity contribution in [3.8, 4) is 0 Å². The van der Waals surface area contributed by atoms with E-state index < -0.39 is 0 Å².